The minimum atomic E-state index is -3.77. The lowest BCUT2D eigenvalue weighted by atomic mass is 9.81. The first-order chi connectivity index (χ1) is 8.40. The van der Waals surface area contributed by atoms with Gasteiger partial charge in [0.25, 0.3) is 10.0 Å². The second-order valence-corrected chi connectivity index (χ2v) is 6.17. The minimum absolute atomic E-state index is 0.165. The molecule has 0 radical (unpaired) electrons. The Morgan fingerprint density at radius 2 is 2.17 bits per heavy atom. The smallest absolute Gasteiger partial charge is 0.371 e. The summed E-state index contributed by atoms with van der Waals surface area (Å²) in [4.78, 5) is 10.6. The van der Waals surface area contributed by atoms with Gasteiger partial charge in [0.2, 0.25) is 10.9 Å². The maximum absolute atomic E-state index is 11.9. The molecule has 2 N–H and O–H groups in total. The van der Waals surface area contributed by atoms with E-state index < -0.39 is 16.0 Å². The summed E-state index contributed by atoms with van der Waals surface area (Å²) >= 11 is 0. The molecular weight excluding hydrogens is 258 g/mol. The molecule has 100 valence electrons. The van der Waals surface area contributed by atoms with Gasteiger partial charge in [-0.15, -0.1) is 0 Å². The highest BCUT2D eigenvalue weighted by Gasteiger charge is 2.29. The third-order valence-electron chi connectivity index (χ3n) is 3.25. The zero-order valence-corrected chi connectivity index (χ0v) is 10.7. The van der Waals surface area contributed by atoms with E-state index in [-0.39, 0.29) is 16.9 Å². The first kappa shape index (κ1) is 13.1. The largest absolute Gasteiger partial charge is 0.475 e. The van der Waals surface area contributed by atoms with Crippen LogP contribution in [0.15, 0.2) is 21.6 Å². The van der Waals surface area contributed by atoms with Crippen LogP contribution in [0.2, 0.25) is 0 Å². The van der Waals surface area contributed by atoms with E-state index in [1.165, 1.54) is 0 Å². The first-order valence-corrected chi connectivity index (χ1v) is 7.24. The number of carboxylic acid groups (broad SMARTS) is 1. The standard InChI is InChI=1S/C11H15NO5S/c1-7(8-3-2-4-8)12-18(15,16)10-6-5-9(17-10)11(13)14/h5-8,12H,2-4H2,1H3,(H,13,14). The van der Waals surface area contributed by atoms with Gasteiger partial charge in [-0.05, 0) is 37.8 Å². The van der Waals surface area contributed by atoms with Crippen molar-refractivity contribution in [1.29, 1.82) is 0 Å². The van der Waals surface area contributed by atoms with Crippen LogP contribution < -0.4 is 4.72 Å². The number of carboxylic acids is 1. The van der Waals surface area contributed by atoms with Crippen LogP contribution in [0.1, 0.15) is 36.7 Å². The molecule has 1 fully saturated rings. The van der Waals surface area contributed by atoms with E-state index in [9.17, 15) is 13.2 Å². The van der Waals surface area contributed by atoms with Crippen molar-refractivity contribution < 1.29 is 22.7 Å². The van der Waals surface area contributed by atoms with E-state index in [2.05, 4.69) is 4.72 Å². The van der Waals surface area contributed by atoms with Gasteiger partial charge in [-0.1, -0.05) is 6.42 Å². The topological polar surface area (TPSA) is 96.6 Å². The van der Waals surface area contributed by atoms with Gasteiger partial charge in [0.05, 0.1) is 0 Å². The zero-order valence-electron chi connectivity index (χ0n) is 9.92. The SMILES string of the molecule is CC(NS(=O)(=O)c1ccc(C(=O)O)o1)C1CCC1. The van der Waals surface area contributed by atoms with Crippen molar-refractivity contribution in [3.8, 4) is 0 Å². The van der Waals surface area contributed by atoms with Gasteiger partial charge >= 0.3 is 5.97 Å². The van der Waals surface area contributed by atoms with Crippen molar-refractivity contribution >= 4 is 16.0 Å². The molecule has 0 bridgehead atoms. The maximum atomic E-state index is 11.9. The van der Waals surface area contributed by atoms with Crippen molar-refractivity contribution in [2.24, 2.45) is 5.92 Å². The molecule has 1 aromatic rings. The lowest BCUT2D eigenvalue weighted by molar-refractivity contribution is 0.0656. The summed E-state index contributed by atoms with van der Waals surface area (Å²) in [6.07, 6.45) is 3.16. The van der Waals surface area contributed by atoms with Crippen molar-refractivity contribution in [1.82, 2.24) is 4.72 Å². The number of aromatic carboxylic acids is 1. The highest BCUT2D eigenvalue weighted by molar-refractivity contribution is 7.89. The summed E-state index contributed by atoms with van der Waals surface area (Å²) in [7, 11) is -3.77. The van der Waals surface area contributed by atoms with Crippen molar-refractivity contribution in [3.05, 3.63) is 17.9 Å². The van der Waals surface area contributed by atoms with Crippen LogP contribution >= 0.6 is 0 Å². The lowest BCUT2D eigenvalue weighted by Crippen LogP contribution is -2.40. The van der Waals surface area contributed by atoms with E-state index in [4.69, 9.17) is 9.52 Å². The molecule has 1 atom stereocenters. The average Bonchev–Trinajstić information content (AvgIpc) is 2.61. The predicted octanol–water partition coefficient (Wildman–Crippen LogP) is 1.44. The number of nitrogens with one attached hydrogen (secondary N) is 1. The maximum Gasteiger partial charge on any atom is 0.371 e. The molecule has 1 unspecified atom stereocenters. The van der Waals surface area contributed by atoms with E-state index in [1.54, 1.807) is 0 Å². The molecule has 7 heteroatoms. The van der Waals surface area contributed by atoms with E-state index in [0.29, 0.717) is 5.92 Å². The molecule has 6 nitrogen and oxygen atoms in total. The van der Waals surface area contributed by atoms with E-state index >= 15 is 0 Å². The number of carbonyl (C=O) groups is 1. The van der Waals surface area contributed by atoms with Crippen LogP contribution in [0.5, 0.6) is 0 Å². The fourth-order valence-electron chi connectivity index (χ4n) is 1.92. The van der Waals surface area contributed by atoms with Gasteiger partial charge in [-0.3, -0.25) is 0 Å². The number of rotatable bonds is 5. The molecule has 1 heterocycles. The summed E-state index contributed by atoms with van der Waals surface area (Å²) in [6.45, 7) is 1.81. The molecule has 18 heavy (non-hydrogen) atoms. The first-order valence-electron chi connectivity index (χ1n) is 5.75. The minimum Gasteiger partial charge on any atom is -0.475 e. The quantitative estimate of drug-likeness (QED) is 0.846. The molecule has 0 aliphatic heterocycles. The van der Waals surface area contributed by atoms with Gasteiger partial charge in [0, 0.05) is 6.04 Å². The average molecular weight is 273 g/mol. The van der Waals surface area contributed by atoms with Crippen LogP contribution in [0, 0.1) is 5.92 Å². The monoisotopic (exact) mass is 273 g/mol. The third kappa shape index (κ3) is 2.56. The van der Waals surface area contributed by atoms with Gasteiger partial charge < -0.3 is 9.52 Å². The highest BCUT2D eigenvalue weighted by Crippen LogP contribution is 2.30. The molecule has 1 aromatic heterocycles. The number of sulfonamides is 1. The summed E-state index contributed by atoms with van der Waals surface area (Å²) in [5.74, 6) is -1.32. The Labute approximate surface area is 105 Å². The summed E-state index contributed by atoms with van der Waals surface area (Å²) in [5.41, 5.74) is 0. The second-order valence-electron chi connectivity index (χ2n) is 4.52. The molecule has 2 rings (SSSR count). The van der Waals surface area contributed by atoms with Gasteiger partial charge in [-0.2, -0.15) is 0 Å². The Balaban J connectivity index is 2.11. The Bertz CT molecular complexity index is 544. The fraction of sp³-hybridized carbons (Fsp3) is 0.545. The second kappa shape index (κ2) is 4.74. The normalized spacial score (nSPS) is 18.3. The summed E-state index contributed by atoms with van der Waals surface area (Å²) in [6, 6.07) is 2.12. The molecule has 0 amide bonds. The lowest BCUT2D eigenvalue weighted by Gasteiger charge is -2.31. The molecule has 1 aliphatic carbocycles. The molecule has 0 saturated heterocycles. The Kier molecular flexibility index (Phi) is 3.45. The Morgan fingerprint density at radius 3 is 2.61 bits per heavy atom. The molecule has 0 aromatic carbocycles. The summed E-state index contributed by atoms with van der Waals surface area (Å²) in [5, 5.41) is 8.32. The van der Waals surface area contributed by atoms with Gasteiger partial charge in [-0.25, -0.2) is 17.9 Å². The van der Waals surface area contributed by atoms with Gasteiger partial charge in [0.15, 0.2) is 0 Å². The molecule has 1 saturated carbocycles. The highest BCUT2D eigenvalue weighted by atomic mass is 32.2. The van der Waals surface area contributed by atoms with Crippen molar-refractivity contribution in [2.75, 3.05) is 0 Å². The van der Waals surface area contributed by atoms with Crippen molar-refractivity contribution in [2.45, 2.75) is 37.3 Å². The number of hydrogen-bond donors (Lipinski definition) is 2. The van der Waals surface area contributed by atoms with E-state index in [1.807, 2.05) is 6.92 Å². The van der Waals surface area contributed by atoms with Gasteiger partial charge in [0.1, 0.15) is 0 Å². The van der Waals surface area contributed by atoms with Crippen LogP contribution in [-0.4, -0.2) is 25.5 Å². The third-order valence-corrected chi connectivity index (χ3v) is 4.69. The fourth-order valence-corrected chi connectivity index (χ4v) is 3.16. The van der Waals surface area contributed by atoms with Crippen LogP contribution in [0.25, 0.3) is 0 Å². The molecule has 1 aliphatic rings. The molecular formula is C11H15NO5S. The predicted molar refractivity (Wildman–Crippen MR) is 62.8 cm³/mol. The Morgan fingerprint density at radius 1 is 1.50 bits per heavy atom. The van der Waals surface area contributed by atoms with Crippen LogP contribution in [0.4, 0.5) is 0 Å². The van der Waals surface area contributed by atoms with Crippen molar-refractivity contribution in [3.63, 3.8) is 0 Å². The summed E-state index contributed by atoms with van der Waals surface area (Å²) < 4.78 is 31.2. The zero-order chi connectivity index (χ0) is 13.3. The Hall–Kier alpha value is -1.34. The van der Waals surface area contributed by atoms with Crippen LogP contribution in [0.3, 0.4) is 0 Å². The van der Waals surface area contributed by atoms with Crippen LogP contribution in [-0.2, 0) is 10.0 Å². The number of hydrogen-bond acceptors (Lipinski definition) is 4. The van der Waals surface area contributed by atoms with E-state index in [0.717, 1.165) is 31.4 Å². The molecule has 0 spiro atoms. The number of furan rings is 1.